The SMILES string of the molecule is Cc1c(C(=O)O)c2cccnn2c1C(C)c1cccn(C)c1=O. The van der Waals surface area contributed by atoms with E-state index in [4.69, 9.17) is 0 Å². The molecule has 0 aromatic carbocycles. The van der Waals surface area contributed by atoms with Crippen LogP contribution in [0.4, 0.5) is 0 Å². The number of aryl methyl sites for hydroxylation is 1. The van der Waals surface area contributed by atoms with Gasteiger partial charge in [-0.3, -0.25) is 4.79 Å². The van der Waals surface area contributed by atoms with E-state index in [0.717, 1.165) is 5.69 Å². The highest BCUT2D eigenvalue weighted by Gasteiger charge is 2.26. The minimum Gasteiger partial charge on any atom is -0.478 e. The number of aromatic nitrogens is 3. The number of pyridine rings is 1. The Morgan fingerprint density at radius 2 is 2.04 bits per heavy atom. The lowest BCUT2D eigenvalue weighted by Gasteiger charge is -2.13. The van der Waals surface area contributed by atoms with Crippen molar-refractivity contribution in [3.8, 4) is 0 Å². The first-order valence-corrected chi connectivity index (χ1v) is 7.28. The lowest BCUT2D eigenvalue weighted by atomic mass is 9.95. The number of nitrogens with zero attached hydrogens (tertiary/aromatic N) is 3. The molecule has 0 fully saturated rings. The van der Waals surface area contributed by atoms with Gasteiger partial charge in [-0.2, -0.15) is 5.10 Å². The van der Waals surface area contributed by atoms with Gasteiger partial charge in [0.25, 0.3) is 5.56 Å². The third kappa shape index (κ3) is 2.23. The molecule has 1 atom stereocenters. The van der Waals surface area contributed by atoms with E-state index < -0.39 is 5.97 Å². The van der Waals surface area contributed by atoms with Crippen molar-refractivity contribution in [3.63, 3.8) is 0 Å². The number of fused-ring (bicyclic) bond motifs is 1. The minimum atomic E-state index is -0.993. The van der Waals surface area contributed by atoms with Gasteiger partial charge < -0.3 is 9.67 Å². The molecule has 0 aliphatic carbocycles. The average molecular weight is 311 g/mol. The summed E-state index contributed by atoms with van der Waals surface area (Å²) in [6.45, 7) is 3.66. The molecule has 0 spiro atoms. The molecule has 3 rings (SSSR count). The van der Waals surface area contributed by atoms with Gasteiger partial charge in [0.05, 0.1) is 16.8 Å². The highest BCUT2D eigenvalue weighted by Crippen LogP contribution is 2.30. The fourth-order valence-electron chi connectivity index (χ4n) is 3.11. The van der Waals surface area contributed by atoms with Crippen molar-refractivity contribution in [1.29, 1.82) is 0 Å². The van der Waals surface area contributed by atoms with Gasteiger partial charge in [-0.1, -0.05) is 13.0 Å². The zero-order valence-corrected chi connectivity index (χ0v) is 13.1. The van der Waals surface area contributed by atoms with Crippen molar-refractivity contribution in [1.82, 2.24) is 14.2 Å². The average Bonchev–Trinajstić information content (AvgIpc) is 2.81. The standard InChI is InChI=1S/C17H17N3O3/c1-10(12-6-5-9-19(3)16(12)21)15-11(2)14(17(22)23)13-7-4-8-18-20(13)15/h4-10H,1-3H3,(H,22,23). The van der Waals surface area contributed by atoms with Crippen LogP contribution in [0.15, 0.2) is 41.5 Å². The van der Waals surface area contributed by atoms with Crippen LogP contribution in [0.1, 0.15) is 40.0 Å². The van der Waals surface area contributed by atoms with Gasteiger partial charge >= 0.3 is 5.97 Å². The first-order chi connectivity index (χ1) is 10.9. The second-order valence-corrected chi connectivity index (χ2v) is 5.61. The molecule has 6 nitrogen and oxygen atoms in total. The molecule has 0 radical (unpaired) electrons. The van der Waals surface area contributed by atoms with E-state index >= 15 is 0 Å². The molecule has 0 amide bonds. The first kappa shape index (κ1) is 15.0. The molecular weight excluding hydrogens is 294 g/mol. The molecule has 6 heteroatoms. The van der Waals surface area contributed by atoms with Gasteiger partial charge in [0.1, 0.15) is 0 Å². The summed E-state index contributed by atoms with van der Waals surface area (Å²) >= 11 is 0. The van der Waals surface area contributed by atoms with E-state index in [2.05, 4.69) is 5.10 Å². The van der Waals surface area contributed by atoms with Gasteiger partial charge in [0.2, 0.25) is 0 Å². The Labute approximate surface area is 132 Å². The van der Waals surface area contributed by atoms with Crippen LogP contribution in [0, 0.1) is 6.92 Å². The predicted octanol–water partition coefficient (Wildman–Crippen LogP) is 2.19. The van der Waals surface area contributed by atoms with Crippen molar-refractivity contribution < 1.29 is 9.90 Å². The highest BCUT2D eigenvalue weighted by atomic mass is 16.4. The van der Waals surface area contributed by atoms with Gasteiger partial charge in [-0.25, -0.2) is 9.31 Å². The molecule has 3 aromatic rings. The minimum absolute atomic E-state index is 0.0952. The zero-order valence-electron chi connectivity index (χ0n) is 13.1. The van der Waals surface area contributed by atoms with Crippen LogP contribution >= 0.6 is 0 Å². The molecule has 0 saturated carbocycles. The molecule has 1 N–H and O–H groups in total. The summed E-state index contributed by atoms with van der Waals surface area (Å²) in [5, 5.41) is 13.8. The molecule has 23 heavy (non-hydrogen) atoms. The normalized spacial score (nSPS) is 12.5. The predicted molar refractivity (Wildman–Crippen MR) is 86.1 cm³/mol. The number of hydrogen-bond donors (Lipinski definition) is 1. The fourth-order valence-corrected chi connectivity index (χ4v) is 3.11. The molecule has 0 bridgehead atoms. The second-order valence-electron chi connectivity index (χ2n) is 5.61. The summed E-state index contributed by atoms with van der Waals surface area (Å²) in [6.07, 6.45) is 3.31. The molecule has 0 aliphatic rings. The van der Waals surface area contributed by atoms with Crippen LogP contribution in [0.5, 0.6) is 0 Å². The van der Waals surface area contributed by atoms with Crippen LogP contribution < -0.4 is 5.56 Å². The van der Waals surface area contributed by atoms with E-state index in [9.17, 15) is 14.7 Å². The van der Waals surface area contributed by atoms with Gasteiger partial charge in [0, 0.05) is 30.9 Å². The van der Waals surface area contributed by atoms with Crippen molar-refractivity contribution in [3.05, 3.63) is 69.4 Å². The maximum atomic E-state index is 12.4. The Kier molecular flexibility index (Phi) is 3.52. The summed E-state index contributed by atoms with van der Waals surface area (Å²) in [6, 6.07) is 7.01. The van der Waals surface area contributed by atoms with E-state index in [1.54, 1.807) is 49.1 Å². The van der Waals surface area contributed by atoms with Crippen LogP contribution in [0.25, 0.3) is 5.52 Å². The smallest absolute Gasteiger partial charge is 0.338 e. The lowest BCUT2D eigenvalue weighted by Crippen LogP contribution is -2.22. The Morgan fingerprint density at radius 1 is 1.30 bits per heavy atom. The van der Waals surface area contributed by atoms with E-state index in [1.165, 1.54) is 4.57 Å². The van der Waals surface area contributed by atoms with E-state index in [-0.39, 0.29) is 17.0 Å². The number of carboxylic acids is 1. The Morgan fingerprint density at radius 3 is 2.74 bits per heavy atom. The van der Waals surface area contributed by atoms with Crippen molar-refractivity contribution in [2.24, 2.45) is 7.05 Å². The molecule has 3 aromatic heterocycles. The number of aromatic carboxylic acids is 1. The summed E-state index contributed by atoms with van der Waals surface area (Å²) < 4.78 is 3.14. The van der Waals surface area contributed by atoms with Gasteiger partial charge in [0.15, 0.2) is 0 Å². The summed E-state index contributed by atoms with van der Waals surface area (Å²) in [7, 11) is 1.70. The molecule has 118 valence electrons. The van der Waals surface area contributed by atoms with Gasteiger partial charge in [-0.15, -0.1) is 0 Å². The molecule has 3 heterocycles. The summed E-state index contributed by atoms with van der Waals surface area (Å²) in [4.78, 5) is 24.0. The molecule has 1 unspecified atom stereocenters. The summed E-state index contributed by atoms with van der Waals surface area (Å²) in [5.74, 6) is -1.27. The maximum Gasteiger partial charge on any atom is 0.338 e. The monoisotopic (exact) mass is 311 g/mol. The Balaban J connectivity index is 2.32. The second kappa shape index (κ2) is 5.39. The number of carbonyl (C=O) groups is 1. The number of rotatable bonds is 3. The largest absolute Gasteiger partial charge is 0.478 e. The topological polar surface area (TPSA) is 76.6 Å². The molecule has 0 saturated heterocycles. The fraction of sp³-hybridized carbons (Fsp3) is 0.235. The van der Waals surface area contributed by atoms with Crippen molar-refractivity contribution >= 4 is 11.5 Å². The quantitative estimate of drug-likeness (QED) is 0.804. The number of carboxylic acid groups (broad SMARTS) is 1. The zero-order chi connectivity index (χ0) is 16.7. The number of hydrogen-bond acceptors (Lipinski definition) is 3. The summed E-state index contributed by atoms with van der Waals surface area (Å²) in [5.41, 5.74) is 2.64. The van der Waals surface area contributed by atoms with Crippen LogP contribution in [-0.4, -0.2) is 25.3 Å². The molecular formula is C17H17N3O3. The van der Waals surface area contributed by atoms with E-state index in [0.29, 0.717) is 16.6 Å². The third-order valence-corrected chi connectivity index (χ3v) is 4.24. The Bertz CT molecular complexity index is 969. The van der Waals surface area contributed by atoms with E-state index in [1.807, 2.05) is 13.0 Å². The maximum absolute atomic E-state index is 12.4. The third-order valence-electron chi connectivity index (χ3n) is 4.24. The highest BCUT2D eigenvalue weighted by molar-refractivity contribution is 5.98. The van der Waals surface area contributed by atoms with Gasteiger partial charge in [-0.05, 0) is 30.7 Å². The Hall–Kier alpha value is -2.89. The van der Waals surface area contributed by atoms with Crippen LogP contribution in [0.3, 0.4) is 0 Å². The first-order valence-electron chi connectivity index (χ1n) is 7.28. The lowest BCUT2D eigenvalue weighted by molar-refractivity contribution is 0.0698. The van der Waals surface area contributed by atoms with Crippen LogP contribution in [-0.2, 0) is 7.05 Å². The van der Waals surface area contributed by atoms with Crippen molar-refractivity contribution in [2.45, 2.75) is 19.8 Å². The van der Waals surface area contributed by atoms with Crippen LogP contribution in [0.2, 0.25) is 0 Å². The van der Waals surface area contributed by atoms with Crippen molar-refractivity contribution in [2.75, 3.05) is 0 Å². The molecule has 0 aliphatic heterocycles.